The second kappa shape index (κ2) is 19.2. The summed E-state index contributed by atoms with van der Waals surface area (Å²) in [6.07, 6.45) is 6.78. The van der Waals surface area contributed by atoms with Gasteiger partial charge in [-0.05, 0) is 62.3 Å². The van der Waals surface area contributed by atoms with E-state index in [0.29, 0.717) is 32.3 Å². The molecule has 3 N–H and O–H groups in total. The molecule has 8 heteroatoms. The van der Waals surface area contributed by atoms with Crippen LogP contribution in [0.1, 0.15) is 56.6 Å². The van der Waals surface area contributed by atoms with E-state index < -0.39 is 18.0 Å². The second-order valence-corrected chi connectivity index (χ2v) is 10.1. The molecule has 0 aliphatic rings. The molecule has 0 bridgehead atoms. The third-order valence-electron chi connectivity index (χ3n) is 6.42. The Morgan fingerprint density at radius 2 is 1.68 bits per heavy atom. The molecule has 2 amide bonds. The van der Waals surface area contributed by atoms with Gasteiger partial charge in [-0.25, -0.2) is 0 Å². The number of ether oxygens (including phenoxy) is 2. The first kappa shape index (κ1) is 33.3. The maximum atomic E-state index is 13.2. The minimum atomic E-state index is -0.649. The van der Waals surface area contributed by atoms with Crippen LogP contribution in [0, 0.1) is 5.92 Å². The van der Waals surface area contributed by atoms with E-state index in [2.05, 4.69) is 23.8 Å². The third-order valence-corrected chi connectivity index (χ3v) is 6.42. The third kappa shape index (κ3) is 13.8. The van der Waals surface area contributed by atoms with Crippen LogP contribution < -0.4 is 15.4 Å². The molecule has 41 heavy (non-hydrogen) atoms. The van der Waals surface area contributed by atoms with Gasteiger partial charge in [0.2, 0.25) is 11.8 Å². The minimum absolute atomic E-state index is 0.00679. The molecule has 0 fully saturated rings. The van der Waals surface area contributed by atoms with E-state index in [9.17, 15) is 19.5 Å². The van der Waals surface area contributed by atoms with E-state index in [-0.39, 0.29) is 37.4 Å². The van der Waals surface area contributed by atoms with Crippen LogP contribution in [0.25, 0.3) is 0 Å². The number of unbranched alkanes of at least 4 members (excludes halogenated alkanes) is 2. The van der Waals surface area contributed by atoms with Crippen LogP contribution in [0.3, 0.4) is 0 Å². The van der Waals surface area contributed by atoms with Crippen molar-refractivity contribution in [3.05, 3.63) is 91.0 Å². The van der Waals surface area contributed by atoms with Crippen molar-refractivity contribution in [2.45, 2.75) is 70.6 Å². The van der Waals surface area contributed by atoms with Gasteiger partial charge in [0.15, 0.2) is 0 Å². The van der Waals surface area contributed by atoms with Crippen LogP contribution in [0.15, 0.2) is 79.9 Å². The molecule has 2 aromatic rings. The van der Waals surface area contributed by atoms with Crippen molar-refractivity contribution >= 4 is 17.8 Å². The van der Waals surface area contributed by atoms with E-state index in [4.69, 9.17) is 9.47 Å². The van der Waals surface area contributed by atoms with Gasteiger partial charge < -0.3 is 25.2 Å². The van der Waals surface area contributed by atoms with Crippen LogP contribution >= 0.6 is 0 Å². The first-order valence-corrected chi connectivity index (χ1v) is 14.2. The number of carbonyl (C=O) groups excluding carboxylic acids is 3. The number of esters is 1. The molecule has 0 aliphatic heterocycles. The van der Waals surface area contributed by atoms with Crippen molar-refractivity contribution in [1.82, 2.24) is 10.6 Å². The molecule has 2 aromatic carbocycles. The topological polar surface area (TPSA) is 114 Å². The summed E-state index contributed by atoms with van der Waals surface area (Å²) in [5.74, 6) is -0.908. The number of amides is 2. The number of aliphatic hydroxyl groups excluding tert-OH is 1. The number of carbonyl (C=O) groups is 3. The highest BCUT2D eigenvalue weighted by Gasteiger charge is 2.25. The number of hydrogen-bond donors (Lipinski definition) is 3. The molecule has 0 radical (unpaired) electrons. The molecular formula is C33H44N2O6. The van der Waals surface area contributed by atoms with Crippen LogP contribution in [-0.4, -0.2) is 48.2 Å². The molecule has 0 spiro atoms. The Labute approximate surface area is 243 Å². The van der Waals surface area contributed by atoms with Crippen LogP contribution in [0.2, 0.25) is 0 Å². The summed E-state index contributed by atoms with van der Waals surface area (Å²) in [4.78, 5) is 38.0. The van der Waals surface area contributed by atoms with E-state index >= 15 is 0 Å². The van der Waals surface area contributed by atoms with Crippen molar-refractivity contribution in [2.24, 2.45) is 5.92 Å². The predicted molar refractivity (Wildman–Crippen MR) is 160 cm³/mol. The average molecular weight is 565 g/mol. The van der Waals surface area contributed by atoms with Gasteiger partial charge in [0.25, 0.3) is 0 Å². The molecule has 3 atom stereocenters. The van der Waals surface area contributed by atoms with Gasteiger partial charge in [0.05, 0.1) is 18.6 Å². The first-order valence-electron chi connectivity index (χ1n) is 14.2. The van der Waals surface area contributed by atoms with Crippen LogP contribution in [0.4, 0.5) is 0 Å². The molecule has 0 saturated carbocycles. The van der Waals surface area contributed by atoms with Gasteiger partial charge in [-0.3, -0.25) is 14.4 Å². The highest BCUT2D eigenvalue weighted by Crippen LogP contribution is 2.17. The Morgan fingerprint density at radius 1 is 0.951 bits per heavy atom. The van der Waals surface area contributed by atoms with Gasteiger partial charge >= 0.3 is 5.97 Å². The van der Waals surface area contributed by atoms with Gasteiger partial charge in [0, 0.05) is 18.9 Å². The lowest BCUT2D eigenvalue weighted by atomic mass is 9.98. The SMILES string of the molecule is C=CCCCCC(=O)OC[C@H](Cc1ccc(OCc2ccccc2)cc1)NC(=O)[C@H](CC=C)CC(=O)N[C@@H](C)CO. The predicted octanol–water partition coefficient (Wildman–Crippen LogP) is 4.66. The summed E-state index contributed by atoms with van der Waals surface area (Å²) in [5, 5.41) is 14.9. The van der Waals surface area contributed by atoms with Gasteiger partial charge in [-0.15, -0.1) is 13.2 Å². The Morgan fingerprint density at radius 3 is 2.34 bits per heavy atom. The smallest absolute Gasteiger partial charge is 0.305 e. The highest BCUT2D eigenvalue weighted by molar-refractivity contribution is 5.86. The monoisotopic (exact) mass is 564 g/mol. The molecule has 0 saturated heterocycles. The minimum Gasteiger partial charge on any atom is -0.489 e. The zero-order valence-corrected chi connectivity index (χ0v) is 24.1. The van der Waals surface area contributed by atoms with Crippen molar-refractivity contribution in [2.75, 3.05) is 13.2 Å². The quantitative estimate of drug-likeness (QED) is 0.122. The van der Waals surface area contributed by atoms with Crippen molar-refractivity contribution in [3.63, 3.8) is 0 Å². The summed E-state index contributed by atoms with van der Waals surface area (Å²) in [5.41, 5.74) is 2.00. The molecule has 0 heterocycles. The van der Waals surface area contributed by atoms with Gasteiger partial charge in [-0.1, -0.05) is 54.6 Å². The first-order chi connectivity index (χ1) is 19.8. The van der Waals surface area contributed by atoms with Gasteiger partial charge in [-0.2, -0.15) is 0 Å². The van der Waals surface area contributed by atoms with Crippen molar-refractivity contribution < 1.29 is 29.0 Å². The Balaban J connectivity index is 2.04. The summed E-state index contributed by atoms with van der Waals surface area (Å²) in [6, 6.07) is 16.6. The zero-order chi connectivity index (χ0) is 29.9. The van der Waals surface area contributed by atoms with E-state index in [0.717, 1.165) is 29.7 Å². The molecular weight excluding hydrogens is 520 g/mol. The lowest BCUT2D eigenvalue weighted by Crippen LogP contribution is -2.45. The summed E-state index contributed by atoms with van der Waals surface area (Å²) < 4.78 is 11.4. The summed E-state index contributed by atoms with van der Waals surface area (Å²) in [6.45, 7) is 9.36. The number of rotatable bonds is 20. The van der Waals surface area contributed by atoms with E-state index in [1.54, 1.807) is 13.0 Å². The van der Waals surface area contributed by atoms with Crippen LogP contribution in [-0.2, 0) is 32.1 Å². The Bertz CT molecular complexity index is 1090. The standard InChI is InChI=1S/C33H44N2O6/c1-4-6-7-11-15-32(38)41-24-29(35-33(39)28(12-5-2)21-31(37)34-25(3)22-36)20-26-16-18-30(19-17-26)40-23-27-13-9-8-10-14-27/h4-5,8-10,13-14,16-19,25,28-29,36H,1-2,6-7,11-12,15,20-24H2,3H3,(H,34,37)(H,35,39)/t25-,28+,29-/m0/s1. The van der Waals surface area contributed by atoms with Crippen molar-refractivity contribution in [1.29, 1.82) is 0 Å². The molecule has 2 rings (SSSR count). The molecule has 8 nitrogen and oxygen atoms in total. The number of nitrogens with one attached hydrogen (secondary N) is 2. The summed E-state index contributed by atoms with van der Waals surface area (Å²) in [7, 11) is 0. The lowest BCUT2D eigenvalue weighted by Gasteiger charge is -2.23. The fourth-order valence-electron chi connectivity index (χ4n) is 4.13. The molecule has 0 aromatic heterocycles. The van der Waals surface area contributed by atoms with Gasteiger partial charge in [0.1, 0.15) is 19.0 Å². The number of benzene rings is 2. The maximum absolute atomic E-state index is 13.2. The van der Waals surface area contributed by atoms with Crippen molar-refractivity contribution in [3.8, 4) is 5.75 Å². The number of aliphatic hydroxyl groups is 1. The normalized spacial score (nSPS) is 12.8. The Kier molecular flexibility index (Phi) is 15.6. The Hall–Kier alpha value is -3.91. The second-order valence-electron chi connectivity index (χ2n) is 10.1. The largest absolute Gasteiger partial charge is 0.489 e. The highest BCUT2D eigenvalue weighted by atomic mass is 16.5. The molecule has 0 aliphatic carbocycles. The summed E-state index contributed by atoms with van der Waals surface area (Å²) >= 11 is 0. The lowest BCUT2D eigenvalue weighted by molar-refractivity contribution is -0.145. The number of allylic oxidation sites excluding steroid dienone is 2. The average Bonchev–Trinajstić information content (AvgIpc) is 2.98. The fraction of sp³-hybridized carbons (Fsp3) is 0.424. The fourth-order valence-corrected chi connectivity index (χ4v) is 4.13. The van der Waals surface area contributed by atoms with E-state index in [1.807, 2.05) is 60.7 Å². The van der Waals surface area contributed by atoms with Crippen LogP contribution in [0.5, 0.6) is 5.75 Å². The number of hydrogen-bond acceptors (Lipinski definition) is 6. The maximum Gasteiger partial charge on any atom is 0.305 e. The molecule has 0 unspecified atom stereocenters. The molecule has 222 valence electrons. The zero-order valence-electron chi connectivity index (χ0n) is 24.1. The van der Waals surface area contributed by atoms with E-state index in [1.165, 1.54) is 0 Å².